The molecule has 0 aliphatic carbocycles. The summed E-state index contributed by atoms with van der Waals surface area (Å²) in [6.45, 7) is 0. The summed E-state index contributed by atoms with van der Waals surface area (Å²) < 4.78 is 4.64. The Morgan fingerprint density at radius 3 is 2.00 bits per heavy atom. The first-order valence-corrected chi connectivity index (χ1v) is 2.15. The zero-order valence-electron chi connectivity index (χ0n) is 4.50. The number of hydrogen-bond donors (Lipinski definition) is 3. The Morgan fingerprint density at radius 1 is 1.33 bits per heavy atom. The molecular weight excluding hydrogens is 124 g/mol. The molecule has 6 nitrogen and oxygen atoms in total. The third-order valence-electron chi connectivity index (χ3n) is 0.886. The lowest BCUT2D eigenvalue weighted by molar-refractivity contribution is -0.576. The van der Waals surface area contributed by atoms with E-state index in [9.17, 15) is 5.21 Å². The molecule has 0 atom stereocenters. The highest BCUT2D eigenvalue weighted by Crippen LogP contribution is 2.12. The van der Waals surface area contributed by atoms with Gasteiger partial charge >= 0.3 is 6.01 Å². The summed E-state index contributed by atoms with van der Waals surface area (Å²) in [6, 6.07) is -0.343. The van der Waals surface area contributed by atoms with Crippen LogP contribution in [-0.2, 0) is 0 Å². The Kier molecular flexibility index (Phi) is 0.888. The van der Waals surface area contributed by atoms with Crippen LogP contribution in [0.5, 0.6) is 0 Å². The van der Waals surface area contributed by atoms with Gasteiger partial charge in [0.1, 0.15) is 0 Å². The molecule has 0 aromatic carbocycles. The van der Waals surface area contributed by atoms with Crippen molar-refractivity contribution >= 4 is 17.7 Å². The van der Waals surface area contributed by atoms with Gasteiger partial charge in [0.25, 0.3) is 11.7 Å². The minimum absolute atomic E-state index is 0.150. The van der Waals surface area contributed by atoms with Crippen LogP contribution in [0.15, 0.2) is 4.42 Å². The van der Waals surface area contributed by atoms with Crippen LogP contribution >= 0.6 is 0 Å². The fourth-order valence-electron chi connectivity index (χ4n) is 0.425. The molecule has 0 saturated carbocycles. The van der Waals surface area contributed by atoms with Gasteiger partial charge in [0.05, 0.1) is 0 Å². The van der Waals surface area contributed by atoms with Crippen molar-refractivity contribution in [3.05, 3.63) is 5.21 Å². The van der Waals surface area contributed by atoms with Crippen LogP contribution < -0.4 is 21.9 Å². The molecule has 6 N–H and O–H groups in total. The summed E-state index contributed by atoms with van der Waals surface area (Å²) in [7, 11) is 0. The second-order valence-electron chi connectivity index (χ2n) is 1.48. The Balaban J connectivity index is 3.29. The Hall–Kier alpha value is -1.59. The van der Waals surface area contributed by atoms with Gasteiger partial charge in [-0.05, 0) is 0 Å². The van der Waals surface area contributed by atoms with E-state index in [4.69, 9.17) is 17.2 Å². The molecule has 1 heterocycles. The van der Waals surface area contributed by atoms with Crippen LogP contribution in [0, 0.1) is 5.21 Å². The van der Waals surface area contributed by atoms with Gasteiger partial charge in [0.15, 0.2) is 0 Å². The van der Waals surface area contributed by atoms with Crippen molar-refractivity contribution in [2.24, 2.45) is 0 Å². The summed E-state index contributed by atoms with van der Waals surface area (Å²) in [6.07, 6.45) is 0. The molecule has 1 rings (SSSR count). The molecule has 0 aliphatic rings. The van der Waals surface area contributed by atoms with E-state index in [0.29, 0.717) is 0 Å². The topological polar surface area (TPSA) is 118 Å². The van der Waals surface area contributed by atoms with E-state index in [1.165, 1.54) is 0 Å². The monoisotopic (exact) mass is 130 g/mol. The zero-order chi connectivity index (χ0) is 7.02. The molecule has 6 heteroatoms. The van der Waals surface area contributed by atoms with E-state index in [2.05, 4.69) is 4.42 Å². The molecule has 0 bridgehead atoms. The minimum atomic E-state index is -0.343. The predicted molar refractivity (Wildman–Crippen MR) is 30.9 cm³/mol. The van der Waals surface area contributed by atoms with Crippen LogP contribution in [0.2, 0.25) is 0 Å². The molecule has 0 aliphatic heterocycles. The molecule has 0 spiro atoms. The third-order valence-corrected chi connectivity index (χ3v) is 0.886. The second kappa shape index (κ2) is 1.44. The molecular formula is C3H6N4O2. The fourth-order valence-corrected chi connectivity index (χ4v) is 0.425. The largest absolute Gasteiger partial charge is 0.738 e. The van der Waals surface area contributed by atoms with Crippen molar-refractivity contribution in [2.75, 3.05) is 17.2 Å². The Bertz CT molecular complexity index is 207. The maximum absolute atomic E-state index is 10.5. The number of oxazole rings is 1. The van der Waals surface area contributed by atoms with Gasteiger partial charge < -0.3 is 21.1 Å². The molecule has 0 radical (unpaired) electrons. The zero-order valence-corrected chi connectivity index (χ0v) is 4.50. The van der Waals surface area contributed by atoms with Crippen molar-refractivity contribution in [1.82, 2.24) is 0 Å². The van der Waals surface area contributed by atoms with Crippen LogP contribution in [0.25, 0.3) is 0 Å². The number of rotatable bonds is 0. The predicted octanol–water partition coefficient (Wildman–Crippen LogP) is -1.34. The van der Waals surface area contributed by atoms with Crippen molar-refractivity contribution < 1.29 is 9.15 Å². The fraction of sp³-hybridized carbons (Fsp3) is 0. The minimum Gasteiger partial charge on any atom is -0.738 e. The van der Waals surface area contributed by atoms with Gasteiger partial charge in [-0.15, -0.1) is 0 Å². The van der Waals surface area contributed by atoms with Crippen molar-refractivity contribution in [3.63, 3.8) is 0 Å². The summed E-state index contributed by atoms with van der Waals surface area (Å²) >= 11 is 0. The number of anilines is 3. The number of nitrogen functional groups attached to an aromatic ring is 3. The standard InChI is InChI=1S/C3H6N4O2/c4-1-2(5)9-3(6)7(1)8/h4-6H2. The van der Waals surface area contributed by atoms with Gasteiger partial charge in [-0.25, -0.2) is 4.73 Å². The molecule has 0 saturated heterocycles. The quantitative estimate of drug-likeness (QED) is 0.296. The molecule has 1 aromatic rings. The summed E-state index contributed by atoms with van der Waals surface area (Å²) in [4.78, 5) is 0. The Labute approximate surface area is 50.4 Å². The van der Waals surface area contributed by atoms with E-state index in [1.54, 1.807) is 0 Å². The molecule has 50 valence electrons. The second-order valence-corrected chi connectivity index (χ2v) is 1.48. The first kappa shape index (κ1) is 5.54. The molecule has 0 fully saturated rings. The lowest BCUT2D eigenvalue weighted by Crippen LogP contribution is -2.30. The molecule has 1 aromatic heterocycles. The van der Waals surface area contributed by atoms with Gasteiger partial charge in [-0.1, -0.05) is 0 Å². The van der Waals surface area contributed by atoms with Crippen LogP contribution in [0.3, 0.4) is 0 Å². The molecule has 0 amide bonds. The lowest BCUT2D eigenvalue weighted by atomic mass is 10.7. The molecule has 0 unspecified atom stereocenters. The normalized spacial score (nSPS) is 9.78. The molecule has 9 heavy (non-hydrogen) atoms. The van der Waals surface area contributed by atoms with E-state index < -0.39 is 0 Å². The highest BCUT2D eigenvalue weighted by Gasteiger charge is 2.10. The lowest BCUT2D eigenvalue weighted by Gasteiger charge is -1.96. The highest BCUT2D eigenvalue weighted by molar-refractivity contribution is 5.46. The van der Waals surface area contributed by atoms with Crippen LogP contribution in [0.4, 0.5) is 17.7 Å². The number of hydrogen-bond acceptors (Lipinski definition) is 5. The summed E-state index contributed by atoms with van der Waals surface area (Å²) in [5, 5.41) is 10.5. The number of aromatic nitrogens is 1. The maximum atomic E-state index is 10.5. The maximum Gasteiger partial charge on any atom is 0.397 e. The van der Waals surface area contributed by atoms with E-state index in [-0.39, 0.29) is 22.4 Å². The first-order valence-electron chi connectivity index (χ1n) is 2.15. The van der Waals surface area contributed by atoms with Gasteiger partial charge in [-0.3, -0.25) is 5.73 Å². The average Bonchev–Trinajstić information content (AvgIpc) is 1.98. The average molecular weight is 130 g/mol. The summed E-state index contributed by atoms with van der Waals surface area (Å²) in [5.74, 6) is -0.352. The SMILES string of the molecule is Nc1oc(N)[n+]([O-])c1N. The van der Waals surface area contributed by atoms with E-state index in [0.717, 1.165) is 0 Å². The van der Waals surface area contributed by atoms with Crippen LogP contribution in [-0.4, -0.2) is 0 Å². The van der Waals surface area contributed by atoms with E-state index in [1.807, 2.05) is 0 Å². The van der Waals surface area contributed by atoms with Gasteiger partial charge in [0.2, 0.25) is 0 Å². The van der Waals surface area contributed by atoms with Crippen LogP contribution in [0.1, 0.15) is 0 Å². The Morgan fingerprint density at radius 2 is 1.89 bits per heavy atom. The number of nitrogens with zero attached hydrogens (tertiary/aromatic N) is 1. The van der Waals surface area contributed by atoms with Crippen molar-refractivity contribution in [3.8, 4) is 0 Å². The van der Waals surface area contributed by atoms with E-state index >= 15 is 0 Å². The van der Waals surface area contributed by atoms with Crippen molar-refractivity contribution in [1.29, 1.82) is 0 Å². The summed E-state index contributed by atoms with van der Waals surface area (Å²) in [5.41, 5.74) is 15.1. The first-order chi connectivity index (χ1) is 4.13. The van der Waals surface area contributed by atoms with Gasteiger partial charge in [0, 0.05) is 0 Å². The smallest absolute Gasteiger partial charge is 0.397 e. The third kappa shape index (κ3) is 0.600. The number of nitrogens with two attached hydrogens (primary N) is 3. The van der Waals surface area contributed by atoms with Gasteiger partial charge in [-0.2, -0.15) is 0 Å². The van der Waals surface area contributed by atoms with Crippen molar-refractivity contribution in [2.45, 2.75) is 0 Å². The highest BCUT2D eigenvalue weighted by atomic mass is 16.5.